The van der Waals surface area contributed by atoms with E-state index in [1.54, 1.807) is 0 Å². The number of nitrogens with two attached hydrogens (primary N) is 4. The summed E-state index contributed by atoms with van der Waals surface area (Å²) in [6, 6.07) is 8.10. The number of nitrogens with zero attached hydrogens (tertiary/aromatic N) is 3. The summed E-state index contributed by atoms with van der Waals surface area (Å²) < 4.78 is 5.90. The minimum Gasteiger partial charge on any atom is -0.492 e. The molecule has 0 spiro atoms. The highest BCUT2D eigenvalue weighted by Gasteiger charge is 2.17. The predicted octanol–water partition coefficient (Wildman–Crippen LogP) is 0.950. The van der Waals surface area contributed by atoms with Gasteiger partial charge in [0.25, 0.3) is 5.91 Å². The fourth-order valence-electron chi connectivity index (χ4n) is 3.50. The molecular formula is C24H39ClN10O2. The van der Waals surface area contributed by atoms with Crippen LogP contribution in [0.4, 0.5) is 11.6 Å². The van der Waals surface area contributed by atoms with Crippen LogP contribution in [-0.2, 0) is 6.42 Å². The van der Waals surface area contributed by atoms with Crippen molar-refractivity contribution >= 4 is 35.1 Å². The molecule has 204 valence electrons. The van der Waals surface area contributed by atoms with Crippen molar-refractivity contribution in [2.45, 2.75) is 32.1 Å². The molecule has 1 heterocycles. The maximum Gasteiger partial charge on any atom is 0.280 e. The van der Waals surface area contributed by atoms with E-state index in [0.29, 0.717) is 26.2 Å². The van der Waals surface area contributed by atoms with Crippen molar-refractivity contribution in [3.05, 3.63) is 40.7 Å². The van der Waals surface area contributed by atoms with Crippen molar-refractivity contribution in [1.29, 1.82) is 5.41 Å². The molecule has 0 bridgehead atoms. The lowest BCUT2D eigenvalue weighted by molar-refractivity contribution is 0.0971. The first-order chi connectivity index (χ1) is 17.8. The van der Waals surface area contributed by atoms with Gasteiger partial charge >= 0.3 is 0 Å². The number of unbranched alkanes of at least 4 members (excludes halogenated alkanes) is 1. The highest BCUT2D eigenvalue weighted by atomic mass is 35.5. The molecule has 11 N–H and O–H groups in total. The highest BCUT2D eigenvalue weighted by Crippen LogP contribution is 2.17. The average Bonchev–Trinajstić information content (AvgIpc) is 2.88. The van der Waals surface area contributed by atoms with Crippen LogP contribution in [0.3, 0.4) is 0 Å². The third-order valence-electron chi connectivity index (χ3n) is 5.51. The van der Waals surface area contributed by atoms with E-state index in [9.17, 15) is 4.79 Å². The van der Waals surface area contributed by atoms with Crippen LogP contribution in [0.1, 0.15) is 41.7 Å². The minimum atomic E-state index is -0.689. The van der Waals surface area contributed by atoms with E-state index < -0.39 is 5.91 Å². The largest absolute Gasteiger partial charge is 0.492 e. The van der Waals surface area contributed by atoms with E-state index in [4.69, 9.17) is 44.7 Å². The van der Waals surface area contributed by atoms with Gasteiger partial charge in [-0.3, -0.25) is 20.4 Å². The van der Waals surface area contributed by atoms with Crippen LogP contribution in [0, 0.1) is 5.41 Å². The van der Waals surface area contributed by atoms with Crippen molar-refractivity contribution in [2.24, 2.45) is 11.5 Å². The molecule has 0 aliphatic heterocycles. The first kappa shape index (κ1) is 30.0. The number of guanidine groups is 1. The summed E-state index contributed by atoms with van der Waals surface area (Å²) in [7, 11) is 0. The molecule has 0 aliphatic carbocycles. The van der Waals surface area contributed by atoms with Crippen LogP contribution in [0.25, 0.3) is 0 Å². The van der Waals surface area contributed by atoms with Gasteiger partial charge in [0.1, 0.15) is 12.4 Å². The van der Waals surface area contributed by atoms with Crippen LogP contribution in [-0.4, -0.2) is 72.6 Å². The van der Waals surface area contributed by atoms with Crippen LogP contribution in [0.15, 0.2) is 24.3 Å². The zero-order chi connectivity index (χ0) is 27.0. The first-order valence-electron chi connectivity index (χ1n) is 12.4. The Morgan fingerprint density at radius 2 is 1.65 bits per heavy atom. The van der Waals surface area contributed by atoms with Gasteiger partial charge in [0.05, 0.1) is 0 Å². The van der Waals surface area contributed by atoms with Gasteiger partial charge < -0.3 is 33.0 Å². The Hall–Kier alpha value is -3.19. The second kappa shape index (κ2) is 16.5. The third kappa shape index (κ3) is 11.2. The standard InChI is InChI=1S/C24H39ClN10O2/c25-20-22(29)33-21(28)19(32-20)23(36)34-24(30)31-12-2-1-5-17-6-8-18(9-7-17)37-16-15-35(13-3-10-26)14-4-11-27/h6-9H,1-5,10-16,26-27H2,(H4,28,29,33)(H3,30,31,34,36). The normalized spacial score (nSPS) is 10.9. The smallest absolute Gasteiger partial charge is 0.280 e. The number of carbonyl (C=O) groups excluding carboxylic acids is 1. The molecule has 2 rings (SSSR count). The molecule has 0 radical (unpaired) electrons. The number of anilines is 2. The summed E-state index contributed by atoms with van der Waals surface area (Å²) >= 11 is 5.79. The molecule has 1 aromatic carbocycles. The number of rotatable bonds is 16. The van der Waals surface area contributed by atoms with Gasteiger partial charge in [0, 0.05) is 13.1 Å². The van der Waals surface area contributed by atoms with Crippen molar-refractivity contribution in [3.63, 3.8) is 0 Å². The molecule has 1 aromatic heterocycles. The van der Waals surface area contributed by atoms with Crippen molar-refractivity contribution in [2.75, 3.05) is 57.3 Å². The van der Waals surface area contributed by atoms with Gasteiger partial charge in [-0.15, -0.1) is 0 Å². The lowest BCUT2D eigenvalue weighted by atomic mass is 10.1. The summed E-state index contributed by atoms with van der Waals surface area (Å²) in [5, 5.41) is 13.0. The summed E-state index contributed by atoms with van der Waals surface area (Å²) in [6.07, 6.45) is 4.55. The number of nitrogens with one attached hydrogen (secondary N) is 3. The van der Waals surface area contributed by atoms with Gasteiger partial charge in [0.15, 0.2) is 28.4 Å². The second-order valence-electron chi connectivity index (χ2n) is 8.47. The topological polar surface area (TPSA) is 207 Å². The molecular weight excluding hydrogens is 496 g/mol. The number of benzene rings is 1. The Morgan fingerprint density at radius 3 is 2.30 bits per heavy atom. The SMILES string of the molecule is N=C(NCCCCc1ccc(OCCN(CCCN)CCCN)cc1)NC(=O)c1nc(Cl)c(N)nc1N. The van der Waals surface area contributed by atoms with Crippen molar-refractivity contribution in [1.82, 2.24) is 25.5 Å². The monoisotopic (exact) mass is 534 g/mol. The van der Waals surface area contributed by atoms with Gasteiger partial charge in [-0.25, -0.2) is 9.97 Å². The van der Waals surface area contributed by atoms with Crippen molar-refractivity contribution < 1.29 is 9.53 Å². The first-order valence-corrected chi connectivity index (χ1v) is 12.8. The minimum absolute atomic E-state index is 0.0643. The summed E-state index contributed by atoms with van der Waals surface area (Å²) in [5.41, 5.74) is 23.4. The number of hydrogen-bond donors (Lipinski definition) is 7. The van der Waals surface area contributed by atoms with E-state index in [1.165, 1.54) is 5.56 Å². The van der Waals surface area contributed by atoms with Crippen LogP contribution < -0.4 is 38.3 Å². The molecule has 2 aromatic rings. The predicted molar refractivity (Wildman–Crippen MR) is 148 cm³/mol. The van der Waals surface area contributed by atoms with E-state index >= 15 is 0 Å². The van der Waals surface area contributed by atoms with Gasteiger partial charge in [0.2, 0.25) is 0 Å². The zero-order valence-electron chi connectivity index (χ0n) is 21.1. The Bertz CT molecular complexity index is 982. The molecule has 0 saturated heterocycles. The van der Waals surface area contributed by atoms with Crippen LogP contribution >= 0.6 is 11.6 Å². The molecule has 0 atom stereocenters. The van der Waals surface area contributed by atoms with Gasteiger partial charge in [-0.05, 0) is 76.0 Å². The zero-order valence-corrected chi connectivity index (χ0v) is 21.9. The van der Waals surface area contributed by atoms with Gasteiger partial charge in [-0.1, -0.05) is 23.7 Å². The maximum absolute atomic E-state index is 12.2. The fraction of sp³-hybridized carbons (Fsp3) is 0.500. The van der Waals surface area contributed by atoms with E-state index in [1.807, 2.05) is 12.1 Å². The molecule has 0 aliphatic rings. The van der Waals surface area contributed by atoms with Crippen LogP contribution in [0.2, 0.25) is 5.15 Å². The Kier molecular flexibility index (Phi) is 13.4. The number of aromatic nitrogens is 2. The summed E-state index contributed by atoms with van der Waals surface area (Å²) in [4.78, 5) is 22.1. The van der Waals surface area contributed by atoms with E-state index in [0.717, 1.165) is 57.5 Å². The summed E-state index contributed by atoms with van der Waals surface area (Å²) in [5.74, 6) is -0.225. The average molecular weight is 535 g/mol. The molecule has 0 unspecified atom stereocenters. The number of hydrogen-bond acceptors (Lipinski definition) is 10. The Labute approximate surface area is 223 Å². The fourth-order valence-corrected chi connectivity index (χ4v) is 3.63. The second-order valence-corrected chi connectivity index (χ2v) is 8.82. The van der Waals surface area contributed by atoms with Gasteiger partial charge in [-0.2, -0.15) is 0 Å². The number of amides is 1. The van der Waals surface area contributed by atoms with E-state index in [-0.39, 0.29) is 28.4 Å². The molecule has 37 heavy (non-hydrogen) atoms. The quantitative estimate of drug-likeness (QED) is 0.0920. The highest BCUT2D eigenvalue weighted by molar-refractivity contribution is 6.31. The number of halogens is 1. The molecule has 1 amide bonds. The molecule has 0 saturated carbocycles. The lowest BCUT2D eigenvalue weighted by Crippen LogP contribution is -2.41. The Balaban J connectivity index is 1.63. The number of carbonyl (C=O) groups is 1. The molecule has 0 fully saturated rings. The van der Waals surface area contributed by atoms with E-state index in [2.05, 4.69) is 37.6 Å². The maximum atomic E-state index is 12.2. The summed E-state index contributed by atoms with van der Waals surface area (Å²) in [6.45, 7) is 5.27. The molecule has 12 nitrogen and oxygen atoms in total. The van der Waals surface area contributed by atoms with Crippen LogP contribution in [0.5, 0.6) is 5.75 Å². The molecule has 13 heteroatoms. The number of ether oxygens (including phenoxy) is 1. The lowest BCUT2D eigenvalue weighted by Gasteiger charge is -2.21. The Morgan fingerprint density at radius 1 is 0.973 bits per heavy atom. The number of nitrogen functional groups attached to an aromatic ring is 2. The third-order valence-corrected chi connectivity index (χ3v) is 5.79. The van der Waals surface area contributed by atoms with Crippen molar-refractivity contribution in [3.8, 4) is 5.75 Å². The number of aryl methyl sites for hydroxylation is 1.